The predicted molar refractivity (Wildman–Crippen MR) is 81.1 cm³/mol. The normalized spacial score (nSPS) is 24.3. The van der Waals surface area contributed by atoms with E-state index in [9.17, 15) is 14.4 Å². The van der Waals surface area contributed by atoms with Gasteiger partial charge in [0.25, 0.3) is 5.91 Å². The van der Waals surface area contributed by atoms with Gasteiger partial charge in [-0.3, -0.25) is 19.5 Å². The zero-order valence-electron chi connectivity index (χ0n) is 13.3. The molecule has 2 amide bonds. The number of rotatable bonds is 1. The van der Waals surface area contributed by atoms with Crippen LogP contribution in [-0.4, -0.2) is 70.2 Å². The first kappa shape index (κ1) is 15.7. The molecule has 23 heavy (non-hydrogen) atoms. The molecule has 0 aliphatic carbocycles. The summed E-state index contributed by atoms with van der Waals surface area (Å²) in [5, 5.41) is 6.52. The van der Waals surface area contributed by atoms with Crippen molar-refractivity contribution >= 4 is 11.8 Å². The third-order valence-corrected chi connectivity index (χ3v) is 4.42. The number of aromatic amines is 1. The first-order valence-corrected chi connectivity index (χ1v) is 7.65. The van der Waals surface area contributed by atoms with Gasteiger partial charge in [0, 0.05) is 31.8 Å². The summed E-state index contributed by atoms with van der Waals surface area (Å²) in [6.45, 7) is 5.61. The highest BCUT2D eigenvalue weighted by atomic mass is 16.5. The third-order valence-electron chi connectivity index (χ3n) is 4.42. The van der Waals surface area contributed by atoms with Crippen molar-refractivity contribution in [1.29, 1.82) is 0 Å². The number of H-pyrrole nitrogens is 1. The average Bonchev–Trinajstić information content (AvgIpc) is 2.90. The van der Waals surface area contributed by atoms with Gasteiger partial charge in [0.2, 0.25) is 11.3 Å². The SMILES string of the molecule is CC(=O)N1CCOC2(CCN(C(=O)c3n[nH]c(C)cc3=O)C2)C1. The molecule has 0 aromatic carbocycles. The number of carbonyl (C=O) groups excluding carboxylic acids is 2. The zero-order valence-corrected chi connectivity index (χ0v) is 13.3. The number of morpholine rings is 1. The molecule has 1 N–H and O–H groups in total. The Morgan fingerprint density at radius 1 is 1.30 bits per heavy atom. The van der Waals surface area contributed by atoms with E-state index in [0.29, 0.717) is 44.9 Å². The first-order chi connectivity index (χ1) is 10.9. The molecule has 1 aromatic rings. The van der Waals surface area contributed by atoms with Gasteiger partial charge in [-0.2, -0.15) is 5.10 Å². The number of aryl methyl sites for hydroxylation is 1. The lowest BCUT2D eigenvalue weighted by Crippen LogP contribution is -2.54. The van der Waals surface area contributed by atoms with Crippen LogP contribution in [0.1, 0.15) is 29.5 Å². The molecule has 2 fully saturated rings. The minimum absolute atomic E-state index is 0.00842. The highest BCUT2D eigenvalue weighted by Crippen LogP contribution is 2.29. The zero-order chi connectivity index (χ0) is 16.6. The standard InChI is InChI=1S/C15H20N4O4/c1-10-7-12(21)13(17-16-10)14(22)19-4-3-15(9-19)8-18(11(2)20)5-6-23-15/h7H,3-6,8-9H2,1-2H3,(H,16,21). The molecule has 0 radical (unpaired) electrons. The van der Waals surface area contributed by atoms with Crippen molar-refractivity contribution in [2.24, 2.45) is 0 Å². The van der Waals surface area contributed by atoms with Gasteiger partial charge in [-0.25, -0.2) is 0 Å². The van der Waals surface area contributed by atoms with Gasteiger partial charge in [0.1, 0.15) is 5.60 Å². The minimum Gasteiger partial charge on any atom is -0.369 e. The molecule has 8 heteroatoms. The van der Waals surface area contributed by atoms with E-state index >= 15 is 0 Å². The smallest absolute Gasteiger partial charge is 0.278 e. The van der Waals surface area contributed by atoms with Crippen molar-refractivity contribution in [1.82, 2.24) is 20.0 Å². The van der Waals surface area contributed by atoms with Crippen LogP contribution in [0.15, 0.2) is 10.9 Å². The molecule has 1 unspecified atom stereocenters. The van der Waals surface area contributed by atoms with Gasteiger partial charge in [0.05, 0.1) is 19.7 Å². The van der Waals surface area contributed by atoms with E-state index in [1.54, 1.807) is 16.7 Å². The fourth-order valence-electron chi connectivity index (χ4n) is 3.18. The maximum Gasteiger partial charge on any atom is 0.278 e. The molecule has 2 aliphatic rings. The van der Waals surface area contributed by atoms with Crippen LogP contribution in [0.5, 0.6) is 0 Å². The number of likely N-dealkylation sites (tertiary alicyclic amines) is 1. The monoisotopic (exact) mass is 320 g/mol. The summed E-state index contributed by atoms with van der Waals surface area (Å²) in [5.41, 5.74) is -0.414. The Labute approximate surface area is 133 Å². The van der Waals surface area contributed by atoms with Gasteiger partial charge in [-0.05, 0) is 13.3 Å². The third kappa shape index (κ3) is 2.98. The molecule has 0 saturated carbocycles. The largest absolute Gasteiger partial charge is 0.369 e. The molecule has 124 valence electrons. The Morgan fingerprint density at radius 2 is 2.04 bits per heavy atom. The Bertz CT molecular complexity index is 701. The van der Waals surface area contributed by atoms with Crippen LogP contribution in [0.3, 0.4) is 0 Å². The van der Waals surface area contributed by atoms with Crippen molar-refractivity contribution in [3.05, 3.63) is 27.7 Å². The molecule has 8 nitrogen and oxygen atoms in total. The number of amides is 2. The quantitative estimate of drug-likeness (QED) is 0.755. The van der Waals surface area contributed by atoms with Crippen LogP contribution in [0, 0.1) is 6.92 Å². The number of nitrogens with zero attached hydrogens (tertiary/aromatic N) is 3. The molecule has 1 spiro atoms. The Hall–Kier alpha value is -2.22. The van der Waals surface area contributed by atoms with Gasteiger partial charge < -0.3 is 14.5 Å². The minimum atomic E-state index is -0.531. The second-order valence-electron chi connectivity index (χ2n) is 6.21. The number of ether oxygens (including phenoxy) is 1. The van der Waals surface area contributed by atoms with Crippen molar-refractivity contribution in [3.8, 4) is 0 Å². The number of nitrogens with one attached hydrogen (secondary N) is 1. The van der Waals surface area contributed by atoms with Crippen LogP contribution in [0.25, 0.3) is 0 Å². The Balaban J connectivity index is 1.75. The molecular formula is C15H20N4O4. The highest BCUT2D eigenvalue weighted by Gasteiger charge is 2.45. The molecule has 2 saturated heterocycles. The number of hydrogen-bond donors (Lipinski definition) is 1. The van der Waals surface area contributed by atoms with Crippen molar-refractivity contribution in [3.63, 3.8) is 0 Å². The van der Waals surface area contributed by atoms with Crippen LogP contribution in [0.4, 0.5) is 0 Å². The van der Waals surface area contributed by atoms with E-state index < -0.39 is 11.5 Å². The number of aromatic nitrogens is 2. The summed E-state index contributed by atoms with van der Waals surface area (Å²) in [6, 6.07) is 1.36. The summed E-state index contributed by atoms with van der Waals surface area (Å²) < 4.78 is 5.88. The maximum absolute atomic E-state index is 12.5. The summed E-state index contributed by atoms with van der Waals surface area (Å²) in [7, 11) is 0. The summed E-state index contributed by atoms with van der Waals surface area (Å²) in [6.07, 6.45) is 0.645. The summed E-state index contributed by atoms with van der Waals surface area (Å²) in [4.78, 5) is 39.4. The van der Waals surface area contributed by atoms with Crippen LogP contribution < -0.4 is 5.43 Å². The second-order valence-corrected chi connectivity index (χ2v) is 6.21. The van der Waals surface area contributed by atoms with Crippen molar-refractivity contribution in [2.75, 3.05) is 32.8 Å². The van der Waals surface area contributed by atoms with E-state index in [-0.39, 0.29) is 17.0 Å². The maximum atomic E-state index is 12.5. The van der Waals surface area contributed by atoms with E-state index in [0.717, 1.165) is 0 Å². The van der Waals surface area contributed by atoms with Crippen LogP contribution in [-0.2, 0) is 9.53 Å². The molecule has 3 rings (SSSR count). The second kappa shape index (κ2) is 5.77. The molecule has 1 atom stereocenters. The average molecular weight is 320 g/mol. The lowest BCUT2D eigenvalue weighted by atomic mass is 10.0. The predicted octanol–water partition coefficient (Wildman–Crippen LogP) is -0.458. The number of carbonyl (C=O) groups is 2. The molecule has 0 bridgehead atoms. The van der Waals surface area contributed by atoms with Gasteiger partial charge in [-0.1, -0.05) is 0 Å². The lowest BCUT2D eigenvalue weighted by molar-refractivity contribution is -0.146. The molecule has 2 aliphatic heterocycles. The molecular weight excluding hydrogens is 300 g/mol. The van der Waals surface area contributed by atoms with Crippen LogP contribution in [0.2, 0.25) is 0 Å². The number of hydrogen-bond acceptors (Lipinski definition) is 5. The van der Waals surface area contributed by atoms with E-state index in [2.05, 4.69) is 10.2 Å². The lowest BCUT2D eigenvalue weighted by Gasteiger charge is -2.39. The van der Waals surface area contributed by atoms with Gasteiger partial charge in [-0.15, -0.1) is 0 Å². The highest BCUT2D eigenvalue weighted by molar-refractivity contribution is 5.92. The summed E-state index contributed by atoms with van der Waals surface area (Å²) >= 11 is 0. The Morgan fingerprint density at radius 3 is 2.74 bits per heavy atom. The van der Waals surface area contributed by atoms with E-state index in [1.807, 2.05) is 0 Å². The van der Waals surface area contributed by atoms with Gasteiger partial charge >= 0.3 is 0 Å². The van der Waals surface area contributed by atoms with E-state index in [4.69, 9.17) is 4.74 Å². The first-order valence-electron chi connectivity index (χ1n) is 7.65. The fraction of sp³-hybridized carbons (Fsp3) is 0.600. The van der Waals surface area contributed by atoms with E-state index in [1.165, 1.54) is 13.0 Å². The molecule has 3 heterocycles. The molecule has 1 aromatic heterocycles. The Kier molecular flexibility index (Phi) is 3.93. The van der Waals surface area contributed by atoms with Crippen LogP contribution >= 0.6 is 0 Å². The van der Waals surface area contributed by atoms with Gasteiger partial charge in [0.15, 0.2) is 5.69 Å². The van der Waals surface area contributed by atoms with Crippen molar-refractivity contribution < 1.29 is 14.3 Å². The fourth-order valence-corrected chi connectivity index (χ4v) is 3.18. The summed E-state index contributed by atoms with van der Waals surface area (Å²) in [5.74, 6) is -0.388. The van der Waals surface area contributed by atoms with Crippen molar-refractivity contribution in [2.45, 2.75) is 25.9 Å². The topological polar surface area (TPSA) is 95.6 Å².